The Kier molecular flexibility index (Phi) is 4.88. The SMILES string of the molecule is C=CCc1ccc(C(c2ccc(O)cc2)(C(F)(F)F)C(F)(F)F)cc1. The van der Waals surface area contributed by atoms with Gasteiger partial charge < -0.3 is 5.11 Å². The van der Waals surface area contributed by atoms with Crippen molar-refractivity contribution in [1.82, 2.24) is 0 Å². The van der Waals surface area contributed by atoms with E-state index >= 15 is 0 Å². The smallest absolute Gasteiger partial charge is 0.411 e. The molecule has 2 aromatic carbocycles. The molecule has 0 aliphatic rings. The van der Waals surface area contributed by atoms with Gasteiger partial charge in [-0.05, 0) is 35.2 Å². The molecule has 0 bridgehead atoms. The maximum Gasteiger partial charge on any atom is 0.411 e. The van der Waals surface area contributed by atoms with Crippen molar-refractivity contribution in [2.45, 2.75) is 24.2 Å². The van der Waals surface area contributed by atoms with Gasteiger partial charge in [0.2, 0.25) is 5.41 Å². The molecule has 7 heteroatoms. The monoisotopic (exact) mass is 360 g/mol. The summed E-state index contributed by atoms with van der Waals surface area (Å²) in [5, 5.41) is 9.22. The lowest BCUT2D eigenvalue weighted by molar-refractivity contribution is -0.288. The van der Waals surface area contributed by atoms with Gasteiger partial charge in [-0.15, -0.1) is 6.58 Å². The van der Waals surface area contributed by atoms with Gasteiger partial charge in [0.25, 0.3) is 0 Å². The van der Waals surface area contributed by atoms with Crippen LogP contribution in [0.4, 0.5) is 26.3 Å². The molecule has 2 rings (SSSR count). The van der Waals surface area contributed by atoms with Crippen LogP contribution in [0.1, 0.15) is 16.7 Å². The summed E-state index contributed by atoms with van der Waals surface area (Å²) >= 11 is 0. The molecule has 134 valence electrons. The molecule has 0 amide bonds. The second kappa shape index (κ2) is 6.46. The molecular weight excluding hydrogens is 346 g/mol. The number of benzene rings is 2. The van der Waals surface area contributed by atoms with Crippen molar-refractivity contribution in [2.75, 3.05) is 0 Å². The van der Waals surface area contributed by atoms with Gasteiger partial charge in [0.1, 0.15) is 5.75 Å². The molecule has 0 aliphatic carbocycles. The second-order valence-corrected chi connectivity index (χ2v) is 5.48. The van der Waals surface area contributed by atoms with Crippen LogP contribution in [-0.2, 0) is 11.8 Å². The third-order valence-corrected chi connectivity index (χ3v) is 3.92. The number of hydrogen-bond donors (Lipinski definition) is 1. The van der Waals surface area contributed by atoms with E-state index in [9.17, 15) is 31.4 Å². The molecule has 0 saturated heterocycles. The van der Waals surface area contributed by atoms with Crippen molar-refractivity contribution in [2.24, 2.45) is 0 Å². The summed E-state index contributed by atoms with van der Waals surface area (Å²) in [6, 6.07) is 6.94. The number of allylic oxidation sites excluding steroid dienone is 1. The molecule has 0 unspecified atom stereocenters. The molecule has 1 nitrogen and oxygen atoms in total. The first-order valence-corrected chi connectivity index (χ1v) is 7.17. The summed E-state index contributed by atoms with van der Waals surface area (Å²) in [4.78, 5) is 0. The standard InChI is InChI=1S/C18H14F6O/c1-2-3-12-4-6-13(7-5-12)16(17(19,20)21,18(22,23)24)14-8-10-15(25)11-9-14/h2,4-11,25H,1,3H2. The highest BCUT2D eigenvalue weighted by molar-refractivity contribution is 5.46. The van der Waals surface area contributed by atoms with Gasteiger partial charge in [0.05, 0.1) is 0 Å². The summed E-state index contributed by atoms with van der Waals surface area (Å²) < 4.78 is 82.8. The molecule has 25 heavy (non-hydrogen) atoms. The maximum absolute atomic E-state index is 13.8. The van der Waals surface area contributed by atoms with Crippen LogP contribution in [0.2, 0.25) is 0 Å². The summed E-state index contributed by atoms with van der Waals surface area (Å²) in [7, 11) is 0. The predicted molar refractivity (Wildman–Crippen MR) is 81.3 cm³/mol. The highest BCUT2D eigenvalue weighted by atomic mass is 19.4. The number of halogens is 6. The molecular formula is C18H14F6O. The molecule has 0 aromatic heterocycles. The Morgan fingerprint density at radius 3 is 1.52 bits per heavy atom. The van der Waals surface area contributed by atoms with Crippen LogP contribution in [0.3, 0.4) is 0 Å². The highest BCUT2D eigenvalue weighted by Gasteiger charge is 2.72. The Morgan fingerprint density at radius 2 is 1.16 bits per heavy atom. The quantitative estimate of drug-likeness (QED) is 0.561. The lowest BCUT2D eigenvalue weighted by Crippen LogP contribution is -2.54. The Bertz CT molecular complexity index is 712. The number of phenols is 1. The summed E-state index contributed by atoms with van der Waals surface area (Å²) in [6.07, 6.45) is -9.45. The normalized spacial score (nSPS) is 12.9. The fraction of sp³-hybridized carbons (Fsp3) is 0.222. The van der Waals surface area contributed by atoms with Crippen LogP contribution in [-0.4, -0.2) is 17.5 Å². The van der Waals surface area contributed by atoms with Crippen LogP contribution in [0, 0.1) is 0 Å². The van der Waals surface area contributed by atoms with Crippen LogP contribution < -0.4 is 0 Å². The summed E-state index contributed by atoms with van der Waals surface area (Å²) in [5.41, 5.74) is -5.60. The van der Waals surface area contributed by atoms with Crippen LogP contribution >= 0.6 is 0 Å². The maximum atomic E-state index is 13.8. The average molecular weight is 360 g/mol. The Morgan fingerprint density at radius 1 is 0.760 bits per heavy atom. The van der Waals surface area contributed by atoms with E-state index in [1.807, 2.05) is 0 Å². The minimum Gasteiger partial charge on any atom is -0.508 e. The minimum atomic E-state index is -5.64. The van der Waals surface area contributed by atoms with Crippen molar-refractivity contribution < 1.29 is 31.4 Å². The zero-order valence-electron chi connectivity index (χ0n) is 12.8. The molecule has 1 N–H and O–H groups in total. The van der Waals surface area contributed by atoms with Gasteiger partial charge in [-0.3, -0.25) is 0 Å². The van der Waals surface area contributed by atoms with Crippen LogP contribution in [0.25, 0.3) is 0 Å². The zero-order chi connectivity index (χ0) is 18.9. The molecule has 0 radical (unpaired) electrons. The lowest BCUT2D eigenvalue weighted by atomic mass is 9.72. The van der Waals surface area contributed by atoms with E-state index in [2.05, 4.69) is 6.58 Å². The summed E-state index contributed by atoms with van der Waals surface area (Å²) in [5.74, 6) is -0.427. The van der Waals surface area contributed by atoms with Crippen molar-refractivity contribution in [3.05, 3.63) is 77.9 Å². The van der Waals surface area contributed by atoms with Gasteiger partial charge in [0.15, 0.2) is 0 Å². The molecule has 2 aromatic rings. The van der Waals surface area contributed by atoms with Crippen LogP contribution in [0.15, 0.2) is 61.2 Å². The minimum absolute atomic E-state index is 0.324. The molecule has 0 saturated carbocycles. The molecule has 0 atom stereocenters. The molecule has 0 heterocycles. The Hall–Kier alpha value is -2.44. The number of phenolic OH excluding ortho intramolecular Hbond substituents is 1. The molecule has 0 fully saturated rings. The predicted octanol–water partition coefficient (Wildman–Crippen LogP) is 5.53. The van der Waals surface area contributed by atoms with E-state index < -0.39 is 34.6 Å². The fourth-order valence-corrected chi connectivity index (χ4v) is 2.75. The van der Waals surface area contributed by atoms with Crippen molar-refractivity contribution >= 4 is 0 Å². The first kappa shape index (κ1) is 18.9. The number of rotatable bonds is 4. The highest BCUT2D eigenvalue weighted by Crippen LogP contribution is 2.56. The zero-order valence-corrected chi connectivity index (χ0v) is 12.8. The van der Waals surface area contributed by atoms with E-state index in [1.54, 1.807) is 0 Å². The van der Waals surface area contributed by atoms with Gasteiger partial charge in [-0.2, -0.15) is 26.3 Å². The van der Waals surface area contributed by atoms with Gasteiger partial charge in [0, 0.05) is 0 Å². The lowest BCUT2D eigenvalue weighted by Gasteiger charge is -2.38. The number of hydrogen-bond acceptors (Lipinski definition) is 1. The molecule has 0 spiro atoms. The van der Waals surface area contributed by atoms with E-state index in [0.29, 0.717) is 24.1 Å². The Balaban J connectivity index is 2.78. The van der Waals surface area contributed by atoms with E-state index in [-0.39, 0.29) is 0 Å². The first-order chi connectivity index (χ1) is 11.5. The summed E-state index contributed by atoms with van der Waals surface area (Å²) in [6.45, 7) is 3.48. The van der Waals surface area contributed by atoms with Gasteiger partial charge in [-0.25, -0.2) is 0 Å². The Labute approximate surface area is 140 Å². The third-order valence-electron chi connectivity index (χ3n) is 3.92. The van der Waals surface area contributed by atoms with E-state index in [0.717, 1.165) is 24.3 Å². The topological polar surface area (TPSA) is 20.2 Å². The van der Waals surface area contributed by atoms with Crippen LogP contribution in [0.5, 0.6) is 5.75 Å². The van der Waals surface area contributed by atoms with E-state index in [1.165, 1.54) is 18.2 Å². The average Bonchev–Trinajstić information content (AvgIpc) is 2.49. The third kappa shape index (κ3) is 3.23. The molecule has 0 aliphatic heterocycles. The fourth-order valence-electron chi connectivity index (χ4n) is 2.75. The first-order valence-electron chi connectivity index (χ1n) is 7.17. The number of aromatic hydroxyl groups is 1. The van der Waals surface area contributed by atoms with Crippen molar-refractivity contribution in [3.8, 4) is 5.75 Å². The second-order valence-electron chi connectivity index (χ2n) is 5.48. The van der Waals surface area contributed by atoms with Crippen molar-refractivity contribution in [3.63, 3.8) is 0 Å². The van der Waals surface area contributed by atoms with E-state index in [4.69, 9.17) is 0 Å². The van der Waals surface area contributed by atoms with Gasteiger partial charge >= 0.3 is 12.4 Å². The van der Waals surface area contributed by atoms with Crippen molar-refractivity contribution in [1.29, 1.82) is 0 Å². The van der Waals surface area contributed by atoms with Gasteiger partial charge in [-0.1, -0.05) is 42.5 Å². The number of alkyl halides is 6. The largest absolute Gasteiger partial charge is 0.508 e.